The number of ether oxygens (including phenoxy) is 1. The number of amides is 2. The maximum Gasteiger partial charge on any atom is 0.341 e. The van der Waals surface area contributed by atoms with Crippen molar-refractivity contribution in [1.29, 1.82) is 0 Å². The van der Waals surface area contributed by atoms with Crippen LogP contribution in [-0.4, -0.2) is 52.7 Å². The number of rotatable bonds is 11. The lowest BCUT2D eigenvalue weighted by molar-refractivity contribution is -0.131. The van der Waals surface area contributed by atoms with Gasteiger partial charge in [0.05, 0.1) is 17.9 Å². The Kier molecular flexibility index (Phi) is 10.3. The summed E-state index contributed by atoms with van der Waals surface area (Å²) >= 11 is 2.76. The van der Waals surface area contributed by atoms with Crippen molar-refractivity contribution >= 4 is 57.5 Å². The molecule has 0 saturated carbocycles. The zero-order valence-electron chi connectivity index (χ0n) is 22.7. The largest absolute Gasteiger partial charge is 0.478 e. The fourth-order valence-electron chi connectivity index (χ4n) is 4.50. The number of nitrogens with zero attached hydrogens (tertiary/aromatic N) is 1. The summed E-state index contributed by atoms with van der Waals surface area (Å²) < 4.78 is 5.09. The van der Waals surface area contributed by atoms with Gasteiger partial charge >= 0.3 is 11.9 Å². The number of benzene rings is 2. The lowest BCUT2D eigenvalue weighted by Crippen LogP contribution is -2.30. The number of fused-ring (bicyclic) bond motifs is 1. The fraction of sp³-hybridized carbons (Fsp3) is 0.267. The average Bonchev–Trinajstić information content (AvgIpc) is 3.32. The normalized spacial score (nSPS) is 13.8. The van der Waals surface area contributed by atoms with Gasteiger partial charge in [-0.1, -0.05) is 43.3 Å². The quantitative estimate of drug-likeness (QED) is 0.158. The van der Waals surface area contributed by atoms with E-state index in [0.29, 0.717) is 35.6 Å². The van der Waals surface area contributed by atoms with Crippen molar-refractivity contribution in [2.24, 2.45) is 0 Å². The van der Waals surface area contributed by atoms with Crippen LogP contribution in [0.3, 0.4) is 0 Å². The molecule has 214 valence electrons. The van der Waals surface area contributed by atoms with E-state index in [4.69, 9.17) is 9.84 Å². The monoisotopic (exact) mass is 593 g/mol. The second-order valence-corrected chi connectivity index (χ2v) is 11.7. The highest BCUT2D eigenvalue weighted by Crippen LogP contribution is 2.39. The fourth-order valence-corrected chi connectivity index (χ4v) is 6.79. The number of methoxy groups -OCH3 is 1. The number of thiophene rings is 1. The minimum atomic E-state index is -1.22. The number of carbonyl (C=O) groups excluding carboxylic acids is 3. The van der Waals surface area contributed by atoms with E-state index >= 15 is 0 Å². The van der Waals surface area contributed by atoms with Crippen LogP contribution in [0.2, 0.25) is 0 Å². The Balaban J connectivity index is 1.47. The minimum Gasteiger partial charge on any atom is -0.478 e. The zero-order chi connectivity index (χ0) is 29.4. The topological polar surface area (TPSA) is 125 Å². The molecule has 1 aliphatic rings. The molecule has 1 aliphatic heterocycles. The molecule has 1 aromatic heterocycles. The first-order chi connectivity index (χ1) is 19.8. The Hall–Kier alpha value is -3.93. The molecule has 2 heterocycles. The van der Waals surface area contributed by atoms with Gasteiger partial charge in [-0.05, 0) is 42.2 Å². The van der Waals surface area contributed by atoms with Gasteiger partial charge in [0.15, 0.2) is 0 Å². The maximum atomic E-state index is 13.4. The Labute approximate surface area is 246 Å². The third-order valence-corrected chi connectivity index (χ3v) is 8.92. The lowest BCUT2D eigenvalue weighted by atomic mass is 10.0. The first kappa shape index (κ1) is 30.0. The molecule has 2 amide bonds. The number of anilines is 2. The van der Waals surface area contributed by atoms with Gasteiger partial charge in [-0.25, -0.2) is 9.59 Å². The van der Waals surface area contributed by atoms with Gasteiger partial charge in [0.1, 0.15) is 5.00 Å². The number of carboxylic acid groups (broad SMARTS) is 1. The number of thioether (sulfide) groups is 1. The van der Waals surface area contributed by atoms with E-state index in [9.17, 15) is 19.2 Å². The lowest BCUT2D eigenvalue weighted by Gasteiger charge is -2.27. The Bertz CT molecular complexity index is 1450. The van der Waals surface area contributed by atoms with Crippen LogP contribution in [0.5, 0.6) is 0 Å². The highest BCUT2D eigenvalue weighted by Gasteiger charge is 2.30. The predicted octanol–water partition coefficient (Wildman–Crippen LogP) is 5.18. The van der Waals surface area contributed by atoms with Gasteiger partial charge in [0, 0.05) is 47.2 Å². The van der Waals surface area contributed by atoms with Gasteiger partial charge in [-0.15, -0.1) is 23.1 Å². The first-order valence-electron chi connectivity index (χ1n) is 13.1. The standard InChI is InChI=1S/C30H31N3O6S2/c1-3-23(40-21-11-7-10-20(16-21)31-25(34)12-13-26(35)36)28(37)32-29-27(30(38)39-2)22-14-15-33(18-24(22)41-29)17-19-8-5-4-6-9-19/h4-13,16,23H,3,14-15,17-18H2,1-2H3,(H,31,34)(H,32,37)(H,35,36)/b13-12+. The van der Waals surface area contributed by atoms with Gasteiger partial charge < -0.3 is 20.5 Å². The van der Waals surface area contributed by atoms with E-state index in [0.717, 1.165) is 40.6 Å². The van der Waals surface area contributed by atoms with Gasteiger partial charge in [0.25, 0.3) is 0 Å². The summed E-state index contributed by atoms with van der Waals surface area (Å²) in [5, 5.41) is 14.3. The predicted molar refractivity (Wildman–Crippen MR) is 160 cm³/mol. The van der Waals surface area contributed by atoms with Crippen LogP contribution in [-0.2, 0) is 38.6 Å². The van der Waals surface area contributed by atoms with Crippen molar-refractivity contribution in [3.8, 4) is 0 Å². The van der Waals surface area contributed by atoms with Gasteiger partial charge in [-0.3, -0.25) is 14.5 Å². The number of hydrogen-bond donors (Lipinski definition) is 3. The van der Waals surface area contributed by atoms with Crippen LogP contribution < -0.4 is 10.6 Å². The summed E-state index contributed by atoms with van der Waals surface area (Å²) in [6, 6.07) is 17.2. The second kappa shape index (κ2) is 14.1. The van der Waals surface area contributed by atoms with Crippen molar-refractivity contribution in [2.75, 3.05) is 24.3 Å². The molecule has 3 aromatic rings. The molecule has 0 aliphatic carbocycles. The molecule has 1 unspecified atom stereocenters. The molecule has 3 N–H and O–H groups in total. The molecule has 4 rings (SSSR count). The molecular formula is C30H31N3O6S2. The third kappa shape index (κ3) is 8.06. The molecule has 2 aromatic carbocycles. The maximum absolute atomic E-state index is 13.4. The summed E-state index contributed by atoms with van der Waals surface area (Å²) in [6.45, 7) is 4.18. The molecule has 41 heavy (non-hydrogen) atoms. The van der Waals surface area contributed by atoms with Crippen LogP contribution in [0.15, 0.2) is 71.6 Å². The zero-order valence-corrected chi connectivity index (χ0v) is 24.3. The number of hydrogen-bond acceptors (Lipinski definition) is 8. The van der Waals surface area contributed by atoms with Crippen molar-refractivity contribution < 1.29 is 29.0 Å². The molecule has 0 fully saturated rings. The molecular weight excluding hydrogens is 562 g/mol. The average molecular weight is 594 g/mol. The third-order valence-electron chi connectivity index (χ3n) is 6.43. The highest BCUT2D eigenvalue weighted by molar-refractivity contribution is 8.00. The summed E-state index contributed by atoms with van der Waals surface area (Å²) in [4.78, 5) is 52.9. The van der Waals surface area contributed by atoms with Crippen LogP contribution in [0.4, 0.5) is 10.7 Å². The minimum absolute atomic E-state index is 0.235. The Morgan fingerprint density at radius 2 is 1.88 bits per heavy atom. The van der Waals surface area contributed by atoms with Crippen molar-refractivity contribution in [3.63, 3.8) is 0 Å². The van der Waals surface area contributed by atoms with E-state index in [1.165, 1.54) is 35.8 Å². The number of nitrogens with one attached hydrogen (secondary N) is 2. The summed E-state index contributed by atoms with van der Waals surface area (Å²) in [5.74, 6) is -2.48. The molecule has 9 nitrogen and oxygen atoms in total. The smallest absolute Gasteiger partial charge is 0.341 e. The molecule has 0 bridgehead atoms. The number of carboxylic acids is 1. The molecule has 0 radical (unpaired) electrons. The van der Waals surface area contributed by atoms with E-state index in [1.54, 1.807) is 18.2 Å². The first-order valence-corrected chi connectivity index (χ1v) is 14.8. The van der Waals surface area contributed by atoms with E-state index in [-0.39, 0.29) is 5.91 Å². The van der Waals surface area contributed by atoms with E-state index in [2.05, 4.69) is 27.7 Å². The molecule has 11 heteroatoms. The van der Waals surface area contributed by atoms with Crippen molar-refractivity contribution in [2.45, 2.75) is 43.0 Å². The van der Waals surface area contributed by atoms with Crippen molar-refractivity contribution in [1.82, 2.24) is 4.90 Å². The SMILES string of the molecule is CCC(Sc1cccc(NC(=O)/C=C/C(=O)O)c1)C(=O)Nc1sc2c(c1C(=O)OC)CCN(Cc1ccccc1)C2. The number of esters is 1. The molecule has 0 saturated heterocycles. The Morgan fingerprint density at radius 1 is 1.10 bits per heavy atom. The number of carbonyl (C=O) groups is 4. The molecule has 0 spiro atoms. The van der Waals surface area contributed by atoms with Crippen LogP contribution in [0.25, 0.3) is 0 Å². The van der Waals surface area contributed by atoms with E-state index in [1.807, 2.05) is 31.2 Å². The van der Waals surface area contributed by atoms with Gasteiger partial charge in [-0.2, -0.15) is 0 Å². The van der Waals surface area contributed by atoms with Crippen molar-refractivity contribution in [3.05, 3.63) is 88.3 Å². The number of aliphatic carboxylic acids is 1. The van der Waals surface area contributed by atoms with Crippen LogP contribution >= 0.6 is 23.1 Å². The second-order valence-electron chi connectivity index (χ2n) is 9.34. The molecule has 1 atom stereocenters. The van der Waals surface area contributed by atoms with Crippen LogP contribution in [0.1, 0.15) is 39.7 Å². The Morgan fingerprint density at radius 3 is 2.59 bits per heavy atom. The van der Waals surface area contributed by atoms with Crippen LogP contribution in [0, 0.1) is 0 Å². The highest BCUT2D eigenvalue weighted by atomic mass is 32.2. The summed E-state index contributed by atoms with van der Waals surface area (Å²) in [5.41, 5.74) is 3.06. The van der Waals surface area contributed by atoms with Gasteiger partial charge in [0.2, 0.25) is 11.8 Å². The summed E-state index contributed by atoms with van der Waals surface area (Å²) in [6.07, 6.45) is 2.91. The van der Waals surface area contributed by atoms with E-state index < -0.39 is 23.1 Å². The summed E-state index contributed by atoms with van der Waals surface area (Å²) in [7, 11) is 1.34.